The Balaban J connectivity index is 1.95. The molecule has 0 spiro atoms. The maximum Gasteiger partial charge on any atom is 0.0755 e. The number of benzene rings is 2. The van der Waals surface area contributed by atoms with Crippen LogP contribution in [0.4, 0.5) is 0 Å². The van der Waals surface area contributed by atoms with Crippen molar-refractivity contribution >= 4 is 21.8 Å². The van der Waals surface area contributed by atoms with Crippen molar-refractivity contribution < 1.29 is 4.74 Å². The molecule has 2 aromatic carbocycles. The second-order valence-electron chi connectivity index (χ2n) is 5.78. The van der Waals surface area contributed by atoms with Crippen molar-refractivity contribution in [3.8, 4) is 0 Å². The van der Waals surface area contributed by atoms with Gasteiger partial charge in [-0.25, -0.2) is 0 Å². The van der Waals surface area contributed by atoms with Gasteiger partial charge in [-0.1, -0.05) is 29.8 Å². The second kappa shape index (κ2) is 4.64. The van der Waals surface area contributed by atoms with Gasteiger partial charge in [0.25, 0.3) is 0 Å². The lowest BCUT2D eigenvalue weighted by Crippen LogP contribution is -2.14. The highest BCUT2D eigenvalue weighted by Gasteiger charge is 2.19. The van der Waals surface area contributed by atoms with Gasteiger partial charge in [-0.2, -0.15) is 0 Å². The van der Waals surface area contributed by atoms with E-state index in [2.05, 4.69) is 54.0 Å². The van der Waals surface area contributed by atoms with Gasteiger partial charge in [-0.3, -0.25) is 0 Å². The van der Waals surface area contributed by atoms with E-state index in [0.29, 0.717) is 6.10 Å². The van der Waals surface area contributed by atoms with E-state index in [1.807, 2.05) is 0 Å². The molecule has 0 aliphatic carbocycles. The summed E-state index contributed by atoms with van der Waals surface area (Å²) in [6.07, 6.45) is 2.75. The summed E-state index contributed by atoms with van der Waals surface area (Å²) in [6, 6.07) is 15.4. The third-order valence-electron chi connectivity index (χ3n) is 4.34. The van der Waals surface area contributed by atoms with Crippen LogP contribution >= 0.6 is 0 Å². The van der Waals surface area contributed by atoms with Gasteiger partial charge >= 0.3 is 0 Å². The van der Waals surface area contributed by atoms with Gasteiger partial charge < -0.3 is 9.30 Å². The van der Waals surface area contributed by atoms with Gasteiger partial charge in [0.05, 0.1) is 6.10 Å². The van der Waals surface area contributed by atoms with Crippen LogP contribution in [0.15, 0.2) is 42.5 Å². The maximum atomic E-state index is 5.83. The Kier molecular flexibility index (Phi) is 2.78. The standard InChI is InChI=1S/C18H19NO/c1-13-8-9-18-16(11-13)15-6-2-3-7-17(15)19(18)12-14-5-4-10-20-14/h2-3,6-9,11,14H,4-5,10,12H2,1H3. The van der Waals surface area contributed by atoms with Crippen molar-refractivity contribution in [2.75, 3.05) is 6.61 Å². The molecule has 2 heteroatoms. The zero-order valence-corrected chi connectivity index (χ0v) is 11.8. The molecular formula is C18H19NO. The van der Waals surface area contributed by atoms with Gasteiger partial charge in [0, 0.05) is 35.0 Å². The Morgan fingerprint density at radius 1 is 1.10 bits per heavy atom. The number of fused-ring (bicyclic) bond motifs is 3. The Hall–Kier alpha value is -1.80. The lowest BCUT2D eigenvalue weighted by Gasteiger charge is -2.13. The predicted molar refractivity (Wildman–Crippen MR) is 83.2 cm³/mol. The summed E-state index contributed by atoms with van der Waals surface area (Å²) in [5.74, 6) is 0. The average molecular weight is 265 g/mol. The molecule has 20 heavy (non-hydrogen) atoms. The van der Waals surface area contributed by atoms with E-state index < -0.39 is 0 Å². The summed E-state index contributed by atoms with van der Waals surface area (Å²) < 4.78 is 8.26. The molecule has 2 nitrogen and oxygen atoms in total. The van der Waals surface area contributed by atoms with Crippen LogP contribution in [-0.4, -0.2) is 17.3 Å². The molecule has 0 radical (unpaired) electrons. The highest BCUT2D eigenvalue weighted by Crippen LogP contribution is 2.30. The summed E-state index contributed by atoms with van der Waals surface area (Å²) in [4.78, 5) is 0. The lowest BCUT2D eigenvalue weighted by molar-refractivity contribution is 0.0989. The molecule has 1 unspecified atom stereocenters. The summed E-state index contributed by atoms with van der Waals surface area (Å²) in [6.45, 7) is 4.04. The SMILES string of the molecule is Cc1ccc2c(c1)c1ccccc1n2CC1CCCO1. The molecular weight excluding hydrogens is 246 g/mol. The molecule has 2 heterocycles. The van der Waals surface area contributed by atoms with Crippen LogP contribution in [0.3, 0.4) is 0 Å². The van der Waals surface area contributed by atoms with Gasteiger partial charge in [0.15, 0.2) is 0 Å². The first kappa shape index (κ1) is 12.0. The predicted octanol–water partition coefficient (Wildman–Crippen LogP) is 4.28. The fourth-order valence-corrected chi connectivity index (χ4v) is 3.36. The molecule has 1 aliphatic rings. The average Bonchev–Trinajstić information content (AvgIpc) is 3.07. The largest absolute Gasteiger partial charge is 0.376 e. The second-order valence-corrected chi connectivity index (χ2v) is 5.78. The van der Waals surface area contributed by atoms with Crippen LogP contribution in [-0.2, 0) is 11.3 Å². The summed E-state index contributed by atoms with van der Waals surface area (Å²) >= 11 is 0. The van der Waals surface area contributed by atoms with Gasteiger partial charge in [0.1, 0.15) is 0 Å². The van der Waals surface area contributed by atoms with E-state index in [-0.39, 0.29) is 0 Å². The first-order valence-electron chi connectivity index (χ1n) is 7.42. The molecule has 0 bridgehead atoms. The van der Waals surface area contributed by atoms with Crippen molar-refractivity contribution in [3.05, 3.63) is 48.0 Å². The minimum Gasteiger partial charge on any atom is -0.376 e. The monoisotopic (exact) mass is 265 g/mol. The Labute approximate surface area is 119 Å². The number of hydrogen-bond acceptors (Lipinski definition) is 1. The maximum absolute atomic E-state index is 5.83. The molecule has 1 fully saturated rings. The molecule has 4 rings (SSSR count). The summed E-state index contributed by atoms with van der Waals surface area (Å²) in [5, 5.41) is 2.71. The van der Waals surface area contributed by atoms with Crippen molar-refractivity contribution in [2.45, 2.75) is 32.4 Å². The van der Waals surface area contributed by atoms with Crippen molar-refractivity contribution in [1.82, 2.24) is 4.57 Å². The van der Waals surface area contributed by atoms with E-state index in [9.17, 15) is 0 Å². The van der Waals surface area contributed by atoms with Gasteiger partial charge in [-0.15, -0.1) is 0 Å². The Morgan fingerprint density at radius 3 is 2.80 bits per heavy atom. The summed E-state index contributed by atoms with van der Waals surface area (Å²) in [7, 11) is 0. The van der Waals surface area contributed by atoms with Crippen molar-refractivity contribution in [2.24, 2.45) is 0 Å². The zero-order chi connectivity index (χ0) is 13.5. The van der Waals surface area contributed by atoms with Gasteiger partial charge in [-0.05, 0) is 38.0 Å². The quantitative estimate of drug-likeness (QED) is 0.674. The molecule has 0 N–H and O–H groups in total. The molecule has 0 saturated carbocycles. The highest BCUT2D eigenvalue weighted by atomic mass is 16.5. The number of rotatable bonds is 2. The first-order valence-corrected chi connectivity index (χ1v) is 7.42. The number of para-hydroxylation sites is 1. The van der Waals surface area contributed by atoms with Crippen LogP contribution in [0, 0.1) is 6.92 Å². The molecule has 1 atom stereocenters. The number of hydrogen-bond donors (Lipinski definition) is 0. The topological polar surface area (TPSA) is 14.2 Å². The molecule has 1 aliphatic heterocycles. The van der Waals surface area contributed by atoms with Crippen LogP contribution in [0.1, 0.15) is 18.4 Å². The van der Waals surface area contributed by atoms with E-state index in [1.165, 1.54) is 40.2 Å². The minimum absolute atomic E-state index is 0.371. The molecule has 3 aromatic rings. The minimum atomic E-state index is 0.371. The van der Waals surface area contributed by atoms with E-state index in [4.69, 9.17) is 4.74 Å². The smallest absolute Gasteiger partial charge is 0.0755 e. The van der Waals surface area contributed by atoms with Crippen LogP contribution in [0.5, 0.6) is 0 Å². The van der Waals surface area contributed by atoms with Crippen LogP contribution in [0.2, 0.25) is 0 Å². The molecule has 0 amide bonds. The molecule has 102 valence electrons. The molecule has 1 saturated heterocycles. The lowest BCUT2D eigenvalue weighted by atomic mass is 10.1. The van der Waals surface area contributed by atoms with E-state index in [1.54, 1.807) is 0 Å². The van der Waals surface area contributed by atoms with E-state index >= 15 is 0 Å². The van der Waals surface area contributed by atoms with Crippen molar-refractivity contribution in [1.29, 1.82) is 0 Å². The fraction of sp³-hybridized carbons (Fsp3) is 0.333. The van der Waals surface area contributed by atoms with Crippen LogP contribution < -0.4 is 0 Å². The Bertz CT molecular complexity index is 766. The van der Waals surface area contributed by atoms with Crippen molar-refractivity contribution in [3.63, 3.8) is 0 Å². The zero-order valence-electron chi connectivity index (χ0n) is 11.8. The third-order valence-corrected chi connectivity index (χ3v) is 4.34. The van der Waals surface area contributed by atoms with E-state index in [0.717, 1.165) is 13.2 Å². The number of ether oxygens (including phenoxy) is 1. The fourth-order valence-electron chi connectivity index (χ4n) is 3.36. The normalized spacial score (nSPS) is 19.1. The van der Waals surface area contributed by atoms with Crippen LogP contribution in [0.25, 0.3) is 21.8 Å². The highest BCUT2D eigenvalue weighted by molar-refractivity contribution is 6.08. The third kappa shape index (κ3) is 1.83. The summed E-state index contributed by atoms with van der Waals surface area (Å²) in [5.41, 5.74) is 3.97. The van der Waals surface area contributed by atoms with Gasteiger partial charge in [0.2, 0.25) is 0 Å². The molecule has 1 aromatic heterocycles. The Morgan fingerprint density at radius 2 is 1.95 bits per heavy atom. The number of aromatic nitrogens is 1. The first-order chi connectivity index (χ1) is 9.83. The number of nitrogens with zero attached hydrogens (tertiary/aromatic N) is 1. The number of aryl methyl sites for hydroxylation is 1.